The largest absolute Gasteiger partial charge is 0.306 e. The zero-order valence-electron chi connectivity index (χ0n) is 8.09. The zero-order valence-corrected chi connectivity index (χ0v) is 10.4. The molecule has 14 heavy (non-hydrogen) atoms. The van der Waals surface area contributed by atoms with Gasteiger partial charge in [-0.2, -0.15) is 0 Å². The van der Waals surface area contributed by atoms with Crippen molar-refractivity contribution in [1.29, 1.82) is 0 Å². The lowest BCUT2D eigenvalue weighted by molar-refractivity contribution is 0.257. The van der Waals surface area contributed by atoms with Crippen LogP contribution in [0.15, 0.2) is 6.07 Å². The summed E-state index contributed by atoms with van der Waals surface area (Å²) >= 11 is 13.5. The van der Waals surface area contributed by atoms with Crippen LogP contribution in [0.25, 0.3) is 0 Å². The lowest BCUT2D eigenvalue weighted by Crippen LogP contribution is -2.28. The summed E-state index contributed by atoms with van der Waals surface area (Å²) in [6, 6.07) is 2.03. The van der Waals surface area contributed by atoms with Gasteiger partial charge in [-0.1, -0.05) is 23.2 Å². The maximum absolute atomic E-state index is 5.95. The van der Waals surface area contributed by atoms with Gasteiger partial charge in [0.15, 0.2) is 0 Å². The molecule has 1 nitrogen and oxygen atoms in total. The summed E-state index contributed by atoms with van der Waals surface area (Å²) in [6.45, 7) is 2.36. The van der Waals surface area contributed by atoms with Gasteiger partial charge < -0.3 is 4.90 Å². The summed E-state index contributed by atoms with van der Waals surface area (Å²) in [4.78, 5) is 3.72. The molecule has 1 aliphatic rings. The second-order valence-electron chi connectivity index (χ2n) is 3.85. The maximum atomic E-state index is 5.95. The van der Waals surface area contributed by atoms with Crippen LogP contribution in [0.3, 0.4) is 0 Å². The van der Waals surface area contributed by atoms with E-state index in [0.717, 1.165) is 4.34 Å². The Hall–Kier alpha value is 0.240. The Labute approximate surface area is 98.6 Å². The Balaban J connectivity index is 2.08. The molecule has 0 bridgehead atoms. The Bertz CT molecular complexity index is 296. The fourth-order valence-electron chi connectivity index (χ4n) is 1.86. The number of hydrogen-bond acceptors (Lipinski definition) is 2. The van der Waals surface area contributed by atoms with Crippen molar-refractivity contribution in [2.75, 3.05) is 20.1 Å². The molecule has 0 N–H and O–H groups in total. The number of hydrogen-bond donors (Lipinski definition) is 0. The lowest BCUT2D eigenvalue weighted by Gasteiger charge is -2.28. The highest BCUT2D eigenvalue weighted by atomic mass is 35.5. The van der Waals surface area contributed by atoms with Crippen LogP contribution in [0.1, 0.15) is 23.6 Å². The summed E-state index contributed by atoms with van der Waals surface area (Å²) in [5.41, 5.74) is 0. The van der Waals surface area contributed by atoms with E-state index in [2.05, 4.69) is 11.9 Å². The number of rotatable bonds is 1. The molecule has 0 aliphatic carbocycles. The molecule has 0 aromatic carbocycles. The zero-order chi connectivity index (χ0) is 10.1. The first kappa shape index (κ1) is 10.7. The molecule has 1 aliphatic heterocycles. The van der Waals surface area contributed by atoms with Gasteiger partial charge in [-0.25, -0.2) is 0 Å². The van der Waals surface area contributed by atoms with E-state index in [1.807, 2.05) is 6.07 Å². The van der Waals surface area contributed by atoms with E-state index in [-0.39, 0.29) is 0 Å². The molecular formula is C10H13Cl2NS. The fraction of sp³-hybridized carbons (Fsp3) is 0.600. The summed E-state index contributed by atoms with van der Waals surface area (Å²) < 4.78 is 0.737. The molecule has 0 radical (unpaired) electrons. The number of likely N-dealkylation sites (tertiary alicyclic amines) is 1. The summed E-state index contributed by atoms with van der Waals surface area (Å²) in [5, 5.41) is 0.714. The highest BCUT2D eigenvalue weighted by Gasteiger charge is 2.20. The average Bonchev–Trinajstić information content (AvgIpc) is 2.48. The third-order valence-corrected chi connectivity index (χ3v) is 4.81. The maximum Gasteiger partial charge on any atom is 0.112 e. The molecule has 1 aromatic heterocycles. The summed E-state index contributed by atoms with van der Waals surface area (Å²) in [7, 11) is 2.17. The second-order valence-corrected chi connectivity index (χ2v) is 5.94. The predicted molar refractivity (Wildman–Crippen MR) is 63.8 cm³/mol. The Kier molecular flexibility index (Phi) is 3.38. The van der Waals surface area contributed by atoms with Gasteiger partial charge >= 0.3 is 0 Å². The minimum absolute atomic E-state index is 0.668. The molecule has 0 unspecified atom stereocenters. The van der Waals surface area contributed by atoms with Crippen LogP contribution < -0.4 is 0 Å². The third-order valence-electron chi connectivity index (χ3n) is 2.79. The van der Waals surface area contributed by atoms with Gasteiger partial charge in [0.1, 0.15) is 4.34 Å². The van der Waals surface area contributed by atoms with Gasteiger partial charge in [0.25, 0.3) is 0 Å². The van der Waals surface area contributed by atoms with E-state index in [1.54, 1.807) is 11.3 Å². The Morgan fingerprint density at radius 1 is 1.36 bits per heavy atom. The van der Waals surface area contributed by atoms with E-state index < -0.39 is 0 Å². The van der Waals surface area contributed by atoms with Crippen molar-refractivity contribution in [1.82, 2.24) is 4.90 Å². The molecule has 1 aromatic rings. The van der Waals surface area contributed by atoms with E-state index in [9.17, 15) is 0 Å². The molecule has 4 heteroatoms. The van der Waals surface area contributed by atoms with Gasteiger partial charge in [-0.05, 0) is 45.0 Å². The topological polar surface area (TPSA) is 3.24 Å². The predicted octanol–water partition coefficient (Wildman–Crippen LogP) is 3.86. The fourth-order valence-corrected chi connectivity index (χ4v) is 3.42. The quantitative estimate of drug-likeness (QED) is 0.731. The minimum atomic E-state index is 0.668. The van der Waals surface area contributed by atoms with Crippen molar-refractivity contribution in [3.05, 3.63) is 20.3 Å². The van der Waals surface area contributed by atoms with Crippen LogP contribution in [-0.2, 0) is 0 Å². The number of thiophene rings is 1. The molecule has 78 valence electrons. The summed E-state index contributed by atoms with van der Waals surface area (Å²) in [6.07, 6.45) is 2.45. The van der Waals surface area contributed by atoms with Crippen LogP contribution in [0.4, 0.5) is 0 Å². The third kappa shape index (κ3) is 2.25. The minimum Gasteiger partial charge on any atom is -0.306 e. The van der Waals surface area contributed by atoms with Crippen molar-refractivity contribution < 1.29 is 0 Å². The molecule has 2 heterocycles. The van der Waals surface area contributed by atoms with Crippen LogP contribution in [0, 0.1) is 0 Å². The summed E-state index contributed by atoms with van der Waals surface area (Å²) in [5.74, 6) is 0.668. The molecule has 0 spiro atoms. The van der Waals surface area contributed by atoms with Crippen molar-refractivity contribution in [2.45, 2.75) is 18.8 Å². The monoisotopic (exact) mass is 249 g/mol. The van der Waals surface area contributed by atoms with Crippen LogP contribution >= 0.6 is 34.5 Å². The number of piperidine rings is 1. The first-order valence-electron chi connectivity index (χ1n) is 4.80. The van der Waals surface area contributed by atoms with E-state index >= 15 is 0 Å². The Morgan fingerprint density at radius 2 is 2.00 bits per heavy atom. The lowest BCUT2D eigenvalue weighted by atomic mass is 9.96. The Morgan fingerprint density at radius 3 is 2.50 bits per heavy atom. The van der Waals surface area contributed by atoms with Crippen LogP contribution in [-0.4, -0.2) is 25.0 Å². The van der Waals surface area contributed by atoms with Crippen molar-refractivity contribution >= 4 is 34.5 Å². The standard InChI is InChI=1S/C10H13Cl2NS/c1-13-4-2-7(3-5-13)9-6-8(11)10(12)14-9/h6-7H,2-5H2,1H3. The van der Waals surface area contributed by atoms with Crippen LogP contribution in [0.2, 0.25) is 9.36 Å². The number of nitrogens with zero attached hydrogens (tertiary/aromatic N) is 1. The molecule has 0 saturated carbocycles. The smallest absolute Gasteiger partial charge is 0.112 e. The molecule has 0 atom stereocenters. The average molecular weight is 250 g/mol. The van der Waals surface area contributed by atoms with Gasteiger partial charge in [0.05, 0.1) is 5.02 Å². The molecular weight excluding hydrogens is 237 g/mol. The highest BCUT2D eigenvalue weighted by molar-refractivity contribution is 7.17. The van der Waals surface area contributed by atoms with Gasteiger partial charge in [0.2, 0.25) is 0 Å². The molecule has 1 saturated heterocycles. The van der Waals surface area contributed by atoms with Crippen molar-refractivity contribution in [2.24, 2.45) is 0 Å². The van der Waals surface area contributed by atoms with Crippen molar-refractivity contribution in [3.8, 4) is 0 Å². The van der Waals surface area contributed by atoms with E-state index in [4.69, 9.17) is 23.2 Å². The van der Waals surface area contributed by atoms with Gasteiger partial charge in [-0.3, -0.25) is 0 Å². The molecule has 2 rings (SSSR count). The van der Waals surface area contributed by atoms with Gasteiger partial charge in [-0.15, -0.1) is 11.3 Å². The molecule has 0 amide bonds. The van der Waals surface area contributed by atoms with E-state index in [0.29, 0.717) is 10.9 Å². The van der Waals surface area contributed by atoms with Gasteiger partial charge in [0, 0.05) is 4.88 Å². The first-order chi connectivity index (χ1) is 6.66. The first-order valence-corrected chi connectivity index (χ1v) is 6.37. The highest BCUT2D eigenvalue weighted by Crippen LogP contribution is 2.39. The van der Waals surface area contributed by atoms with Crippen molar-refractivity contribution in [3.63, 3.8) is 0 Å². The normalized spacial score (nSPS) is 20.2. The van der Waals surface area contributed by atoms with Crippen LogP contribution in [0.5, 0.6) is 0 Å². The molecule has 1 fully saturated rings. The number of halogens is 2. The SMILES string of the molecule is CN1CCC(c2cc(Cl)c(Cl)s2)CC1. The second kappa shape index (κ2) is 4.40. The van der Waals surface area contributed by atoms with E-state index in [1.165, 1.54) is 30.8 Å².